The molecule has 0 spiro atoms. The second kappa shape index (κ2) is 8.33. The van der Waals surface area contributed by atoms with Gasteiger partial charge < -0.3 is 15.8 Å². The lowest BCUT2D eigenvalue weighted by Crippen LogP contribution is -2.46. The largest absolute Gasteiger partial charge is 0.445 e. The summed E-state index contributed by atoms with van der Waals surface area (Å²) in [5, 5.41) is 2.65. The Kier molecular flexibility index (Phi) is 6.17. The number of alkyl carbamates (subject to hydrolysis) is 1. The van der Waals surface area contributed by atoms with Gasteiger partial charge in [0.25, 0.3) is 0 Å². The molecular formula is C20H24N2O3. The van der Waals surface area contributed by atoms with E-state index in [1.54, 1.807) is 0 Å². The third kappa shape index (κ3) is 5.08. The Balaban J connectivity index is 1.95. The van der Waals surface area contributed by atoms with Crippen molar-refractivity contribution in [3.63, 3.8) is 0 Å². The quantitative estimate of drug-likeness (QED) is 0.813. The molecule has 5 nitrogen and oxygen atoms in total. The van der Waals surface area contributed by atoms with E-state index in [-0.39, 0.29) is 13.2 Å². The van der Waals surface area contributed by atoms with Gasteiger partial charge in [-0.1, -0.05) is 74.5 Å². The molecule has 2 aromatic rings. The van der Waals surface area contributed by atoms with Crippen molar-refractivity contribution in [1.29, 1.82) is 0 Å². The minimum atomic E-state index is -0.570. The van der Waals surface area contributed by atoms with Crippen molar-refractivity contribution in [2.45, 2.75) is 25.9 Å². The Bertz CT molecular complexity index is 699. The first-order chi connectivity index (χ1) is 11.9. The van der Waals surface area contributed by atoms with Crippen molar-refractivity contribution in [3.05, 3.63) is 71.8 Å². The van der Waals surface area contributed by atoms with Crippen LogP contribution in [0.1, 0.15) is 25.0 Å². The fourth-order valence-electron chi connectivity index (χ4n) is 2.74. The first-order valence-electron chi connectivity index (χ1n) is 8.20. The average molecular weight is 340 g/mol. The molecule has 1 unspecified atom stereocenters. The van der Waals surface area contributed by atoms with Gasteiger partial charge in [-0.25, -0.2) is 4.79 Å². The number of carbonyl (C=O) groups excluding carboxylic acids is 2. The van der Waals surface area contributed by atoms with Crippen LogP contribution in [0.15, 0.2) is 60.7 Å². The number of carbonyl (C=O) groups is 2. The van der Waals surface area contributed by atoms with E-state index in [9.17, 15) is 9.59 Å². The summed E-state index contributed by atoms with van der Waals surface area (Å²) >= 11 is 0. The number of rotatable bonds is 7. The number of nitrogens with one attached hydrogen (secondary N) is 1. The predicted molar refractivity (Wildman–Crippen MR) is 96.8 cm³/mol. The lowest BCUT2D eigenvalue weighted by atomic mass is 9.73. The highest BCUT2D eigenvalue weighted by Gasteiger charge is 2.35. The van der Waals surface area contributed by atoms with Crippen LogP contribution in [-0.4, -0.2) is 18.5 Å². The highest BCUT2D eigenvalue weighted by atomic mass is 16.5. The summed E-state index contributed by atoms with van der Waals surface area (Å²) in [5.74, 6) is -1.02. The number of amides is 2. The zero-order chi connectivity index (χ0) is 18.3. The molecule has 0 saturated carbocycles. The highest BCUT2D eigenvalue weighted by molar-refractivity contribution is 5.79. The molecule has 25 heavy (non-hydrogen) atoms. The van der Waals surface area contributed by atoms with Gasteiger partial charge in [0.1, 0.15) is 6.61 Å². The normalized spacial score (nSPS) is 12.2. The highest BCUT2D eigenvalue weighted by Crippen LogP contribution is 2.31. The summed E-state index contributed by atoms with van der Waals surface area (Å²) in [7, 11) is 0. The fraction of sp³-hybridized carbons (Fsp3) is 0.300. The van der Waals surface area contributed by atoms with Crippen molar-refractivity contribution in [3.8, 4) is 0 Å². The van der Waals surface area contributed by atoms with E-state index in [2.05, 4.69) is 5.32 Å². The van der Waals surface area contributed by atoms with Crippen LogP contribution in [-0.2, 0) is 21.6 Å². The summed E-state index contributed by atoms with van der Waals surface area (Å²) in [6.45, 7) is 4.17. The molecule has 2 amide bonds. The number of primary amides is 1. The van der Waals surface area contributed by atoms with Gasteiger partial charge in [-0.05, 0) is 11.1 Å². The maximum absolute atomic E-state index is 11.9. The molecule has 0 radical (unpaired) electrons. The third-order valence-electron chi connectivity index (χ3n) is 4.40. The second-order valence-corrected chi connectivity index (χ2v) is 6.49. The first kappa shape index (κ1) is 18.5. The van der Waals surface area contributed by atoms with Gasteiger partial charge in [0, 0.05) is 12.0 Å². The van der Waals surface area contributed by atoms with E-state index in [1.165, 1.54) is 0 Å². The smallest absolute Gasteiger partial charge is 0.407 e. The fourth-order valence-corrected chi connectivity index (χ4v) is 2.74. The number of ether oxygens (including phenoxy) is 1. The Hall–Kier alpha value is -2.82. The summed E-state index contributed by atoms with van der Waals surface area (Å²) in [6, 6.07) is 19.0. The molecule has 0 heterocycles. The summed E-state index contributed by atoms with van der Waals surface area (Å²) in [5.41, 5.74) is 6.95. The standard InChI is InChI=1S/C20H24N2O3/c1-20(2,16-11-7-4-8-12-16)17(18(21)23)13-22-19(24)25-14-15-9-5-3-6-10-15/h3-12,17H,13-14H2,1-2H3,(H2,21,23)(H,22,24). The molecule has 0 fully saturated rings. The van der Waals surface area contributed by atoms with Crippen LogP contribution < -0.4 is 11.1 Å². The van der Waals surface area contributed by atoms with Crippen molar-refractivity contribution in [2.75, 3.05) is 6.54 Å². The van der Waals surface area contributed by atoms with Crippen molar-refractivity contribution >= 4 is 12.0 Å². The maximum atomic E-state index is 11.9. The molecule has 1 atom stereocenters. The number of hydrogen-bond donors (Lipinski definition) is 2. The van der Waals surface area contributed by atoms with Crippen molar-refractivity contribution in [1.82, 2.24) is 5.32 Å². The van der Waals surface area contributed by atoms with Gasteiger partial charge in [-0.3, -0.25) is 4.79 Å². The Morgan fingerprint density at radius 2 is 1.60 bits per heavy atom. The van der Waals surface area contributed by atoms with E-state index in [0.29, 0.717) is 0 Å². The molecule has 2 aromatic carbocycles. The molecule has 0 saturated heterocycles. The van der Waals surface area contributed by atoms with Crippen LogP contribution >= 0.6 is 0 Å². The monoisotopic (exact) mass is 340 g/mol. The minimum Gasteiger partial charge on any atom is -0.445 e. The molecule has 2 rings (SSSR count). The van der Waals surface area contributed by atoms with Crippen LogP contribution in [0.4, 0.5) is 4.79 Å². The molecule has 0 aromatic heterocycles. The summed E-state index contributed by atoms with van der Waals surface area (Å²) in [6.07, 6.45) is -0.570. The van der Waals surface area contributed by atoms with E-state index < -0.39 is 23.3 Å². The van der Waals surface area contributed by atoms with Crippen LogP contribution in [0.5, 0.6) is 0 Å². The van der Waals surface area contributed by atoms with Crippen LogP contribution in [0.3, 0.4) is 0 Å². The number of hydrogen-bond acceptors (Lipinski definition) is 3. The predicted octanol–water partition coefficient (Wildman–Crippen LogP) is 2.99. The molecule has 0 aliphatic carbocycles. The molecule has 0 aliphatic heterocycles. The zero-order valence-corrected chi connectivity index (χ0v) is 14.6. The SMILES string of the molecule is CC(C)(c1ccccc1)C(CNC(=O)OCc1ccccc1)C(N)=O. The average Bonchev–Trinajstić information content (AvgIpc) is 2.61. The summed E-state index contributed by atoms with van der Waals surface area (Å²) in [4.78, 5) is 23.9. The maximum Gasteiger partial charge on any atom is 0.407 e. The van der Waals surface area contributed by atoms with Gasteiger partial charge in [0.2, 0.25) is 5.91 Å². The van der Waals surface area contributed by atoms with Crippen LogP contribution in [0.25, 0.3) is 0 Å². The van der Waals surface area contributed by atoms with Crippen molar-refractivity contribution < 1.29 is 14.3 Å². The lowest BCUT2D eigenvalue weighted by Gasteiger charge is -2.32. The van der Waals surface area contributed by atoms with E-state index in [1.807, 2.05) is 74.5 Å². The van der Waals surface area contributed by atoms with Gasteiger partial charge in [-0.15, -0.1) is 0 Å². The molecule has 0 aliphatic rings. The van der Waals surface area contributed by atoms with Gasteiger partial charge in [0.15, 0.2) is 0 Å². The van der Waals surface area contributed by atoms with Gasteiger partial charge in [-0.2, -0.15) is 0 Å². The third-order valence-corrected chi connectivity index (χ3v) is 4.40. The second-order valence-electron chi connectivity index (χ2n) is 6.49. The van der Waals surface area contributed by atoms with E-state index in [4.69, 9.17) is 10.5 Å². The first-order valence-corrected chi connectivity index (χ1v) is 8.20. The van der Waals surface area contributed by atoms with Gasteiger partial charge >= 0.3 is 6.09 Å². The molecule has 0 bridgehead atoms. The summed E-state index contributed by atoms with van der Waals surface area (Å²) < 4.78 is 5.17. The molecule has 3 N–H and O–H groups in total. The number of benzene rings is 2. The topological polar surface area (TPSA) is 81.4 Å². The molecular weight excluding hydrogens is 316 g/mol. The zero-order valence-electron chi connectivity index (χ0n) is 14.6. The lowest BCUT2D eigenvalue weighted by molar-refractivity contribution is -0.123. The molecule has 5 heteroatoms. The Morgan fingerprint density at radius 3 is 2.16 bits per heavy atom. The van der Waals surface area contributed by atoms with Crippen LogP contribution in [0.2, 0.25) is 0 Å². The number of nitrogens with two attached hydrogens (primary N) is 1. The van der Waals surface area contributed by atoms with Crippen molar-refractivity contribution in [2.24, 2.45) is 11.7 Å². The molecule has 132 valence electrons. The van der Waals surface area contributed by atoms with Crippen LogP contribution in [0, 0.1) is 5.92 Å². The minimum absolute atomic E-state index is 0.116. The van der Waals surface area contributed by atoms with Gasteiger partial charge in [0.05, 0.1) is 5.92 Å². The Labute approximate surface area is 148 Å². The Morgan fingerprint density at radius 1 is 1.04 bits per heavy atom. The van der Waals surface area contributed by atoms with E-state index >= 15 is 0 Å². The van der Waals surface area contributed by atoms with E-state index in [0.717, 1.165) is 11.1 Å².